The molecule has 0 radical (unpaired) electrons. The van der Waals surface area contributed by atoms with Crippen LogP contribution in [0.5, 0.6) is 0 Å². The van der Waals surface area contributed by atoms with E-state index in [1.165, 1.54) is 33.4 Å². The van der Waals surface area contributed by atoms with E-state index in [4.69, 9.17) is 29.9 Å². The van der Waals surface area contributed by atoms with Gasteiger partial charge in [0.1, 0.15) is 0 Å². The van der Waals surface area contributed by atoms with Crippen molar-refractivity contribution in [3.8, 4) is 80.1 Å². The quantitative estimate of drug-likeness (QED) is 0.156. The second-order valence-corrected chi connectivity index (χ2v) is 28.3. The minimum atomic E-state index is -0.147. The summed E-state index contributed by atoms with van der Waals surface area (Å²) >= 11 is 0. The van der Waals surface area contributed by atoms with Crippen molar-refractivity contribution in [2.45, 2.75) is 157 Å². The first-order valence-electron chi connectivity index (χ1n) is 28.5. The predicted molar refractivity (Wildman–Crippen MR) is 337 cm³/mol. The average molecular weight is 1070 g/mol. The van der Waals surface area contributed by atoms with Gasteiger partial charge in [0.25, 0.3) is 0 Å². The van der Waals surface area contributed by atoms with E-state index in [9.17, 15) is 5.26 Å². The Hall–Kier alpha value is -8.15. The smallest absolute Gasteiger partial charge is 0.166 e. The molecule has 0 fully saturated rings. The summed E-state index contributed by atoms with van der Waals surface area (Å²) in [5.74, 6) is 3.41. The van der Waals surface area contributed by atoms with E-state index in [0.717, 1.165) is 55.3 Å². The molecular weight excluding hydrogens is 989 g/mol. The molecule has 0 aliphatic heterocycles. The van der Waals surface area contributed by atoms with Crippen molar-refractivity contribution in [2.24, 2.45) is 0 Å². The second-order valence-electron chi connectivity index (χ2n) is 28.3. The van der Waals surface area contributed by atoms with E-state index >= 15 is 0 Å². The molecule has 0 unspecified atom stereocenters. The first kappa shape index (κ1) is 56.1. The molecular formula is C73H78N8. The minimum absolute atomic E-state index is 0.0692. The first-order chi connectivity index (χ1) is 37.8. The SMILES string of the molecule is CC(C)(C)c1cccc(-c2nc(-c3cccc(C(C)(C)C)c3)nc(-c3ccc4c(c3)c3ccccc3n4-c3ccc(C#N)cc3-c3nc(-c4cc(C(C)(C)C)cc(C(C)(C)C)c4)nc(-c4cc(C(C)(C)C)cc(C(C)(C)C)c4)n3)n2)c1. The largest absolute Gasteiger partial charge is 0.308 e. The fourth-order valence-corrected chi connectivity index (χ4v) is 10.4. The number of hydrogen-bond acceptors (Lipinski definition) is 7. The number of nitriles is 1. The molecule has 0 N–H and O–H groups in total. The molecule has 81 heavy (non-hydrogen) atoms. The number of nitrogens with zero attached hydrogens (tertiary/aromatic N) is 8. The molecule has 0 amide bonds. The Balaban J connectivity index is 1.22. The van der Waals surface area contributed by atoms with Gasteiger partial charge in [0.05, 0.1) is 28.4 Å². The number of rotatable bonds is 7. The Morgan fingerprint density at radius 1 is 0.309 bits per heavy atom. The van der Waals surface area contributed by atoms with Crippen LogP contribution >= 0.6 is 0 Å². The highest BCUT2D eigenvalue weighted by atomic mass is 15.1. The summed E-state index contributed by atoms with van der Waals surface area (Å²) in [7, 11) is 0. The van der Waals surface area contributed by atoms with Crippen molar-refractivity contribution in [1.82, 2.24) is 34.5 Å². The summed E-state index contributed by atoms with van der Waals surface area (Å²) in [4.78, 5) is 32.2. The molecule has 3 aromatic heterocycles. The van der Waals surface area contributed by atoms with Gasteiger partial charge in [-0.1, -0.05) is 191 Å². The van der Waals surface area contributed by atoms with Crippen molar-refractivity contribution < 1.29 is 0 Å². The lowest BCUT2D eigenvalue weighted by atomic mass is 9.79. The maximum Gasteiger partial charge on any atom is 0.166 e. The maximum atomic E-state index is 10.7. The number of para-hydroxylation sites is 1. The minimum Gasteiger partial charge on any atom is -0.308 e. The van der Waals surface area contributed by atoms with Crippen LogP contribution in [0.1, 0.15) is 164 Å². The van der Waals surface area contributed by atoms with Crippen molar-refractivity contribution >= 4 is 21.8 Å². The van der Waals surface area contributed by atoms with Crippen LogP contribution in [0.15, 0.2) is 146 Å². The third-order valence-electron chi connectivity index (χ3n) is 15.6. The van der Waals surface area contributed by atoms with Crippen LogP contribution in [-0.2, 0) is 32.5 Å². The standard InChI is InChI=1S/C73H78N8/c1-68(2,3)50-25-21-23-45(34-50)62-75-63(46-24-22-26-51(35-46)69(4,5)6)77-64(76-62)47-30-32-60-57(40-47)56-27-19-20-28-59(56)81(60)61-31-29-44(43-74)33-58(61)67-79-65(48-36-52(70(7,8)9)41-53(37-48)71(10,11)12)78-66(80-67)49-38-54(72(13,14)15)42-55(39-49)73(16,17)18/h19-42H,1-18H3. The first-order valence-corrected chi connectivity index (χ1v) is 28.5. The van der Waals surface area contributed by atoms with Crippen LogP contribution in [-0.4, -0.2) is 34.5 Å². The highest BCUT2D eigenvalue weighted by molar-refractivity contribution is 6.11. The van der Waals surface area contributed by atoms with Crippen molar-refractivity contribution in [3.05, 3.63) is 185 Å². The zero-order valence-corrected chi connectivity index (χ0v) is 50.9. The molecule has 10 aromatic rings. The van der Waals surface area contributed by atoms with Crippen LogP contribution in [0.4, 0.5) is 0 Å². The van der Waals surface area contributed by atoms with Crippen molar-refractivity contribution in [2.75, 3.05) is 0 Å². The summed E-state index contributed by atoms with van der Waals surface area (Å²) in [6.45, 7) is 40.4. The van der Waals surface area contributed by atoms with Crippen LogP contribution < -0.4 is 0 Å². The zero-order valence-electron chi connectivity index (χ0n) is 50.9. The highest BCUT2D eigenvalue weighted by Gasteiger charge is 2.28. The number of benzene rings is 7. The van der Waals surface area contributed by atoms with E-state index < -0.39 is 0 Å². The van der Waals surface area contributed by atoms with E-state index in [-0.39, 0.29) is 32.5 Å². The molecule has 0 saturated heterocycles. The Morgan fingerprint density at radius 3 is 1.10 bits per heavy atom. The fourth-order valence-electron chi connectivity index (χ4n) is 10.4. The van der Waals surface area contributed by atoms with Crippen LogP contribution in [0.3, 0.4) is 0 Å². The van der Waals surface area contributed by atoms with E-state index in [0.29, 0.717) is 46.1 Å². The van der Waals surface area contributed by atoms with E-state index in [2.05, 4.69) is 263 Å². The molecule has 7 aromatic carbocycles. The molecule has 8 heteroatoms. The average Bonchev–Trinajstić information content (AvgIpc) is 3.94. The normalized spacial score (nSPS) is 12.8. The Morgan fingerprint density at radius 2 is 0.679 bits per heavy atom. The van der Waals surface area contributed by atoms with Gasteiger partial charge in [-0.05, 0) is 145 Å². The summed E-state index contributed by atoms with van der Waals surface area (Å²) in [6, 6.07) is 54.0. The molecule has 0 spiro atoms. The monoisotopic (exact) mass is 1070 g/mol. The molecule has 0 aliphatic carbocycles. The summed E-state index contributed by atoms with van der Waals surface area (Å²) < 4.78 is 2.28. The predicted octanol–water partition coefficient (Wildman–Crippen LogP) is 18.8. The highest BCUT2D eigenvalue weighted by Crippen LogP contribution is 2.41. The topological polar surface area (TPSA) is 106 Å². The number of fused-ring (bicyclic) bond motifs is 3. The molecule has 10 rings (SSSR count). The Kier molecular flexibility index (Phi) is 14.0. The lowest BCUT2D eigenvalue weighted by Gasteiger charge is -2.26. The summed E-state index contributed by atoms with van der Waals surface area (Å²) in [5.41, 5.74) is 15.0. The van der Waals surface area contributed by atoms with Gasteiger partial charge in [0, 0.05) is 44.2 Å². The van der Waals surface area contributed by atoms with Gasteiger partial charge in [0.15, 0.2) is 34.9 Å². The lowest BCUT2D eigenvalue weighted by Crippen LogP contribution is -2.17. The fraction of sp³-hybridized carbons (Fsp3) is 0.329. The lowest BCUT2D eigenvalue weighted by molar-refractivity contribution is 0.568. The molecule has 0 bridgehead atoms. The second kappa shape index (κ2) is 20.1. The molecule has 410 valence electrons. The Labute approximate surface area is 480 Å². The number of hydrogen-bond donors (Lipinski definition) is 0. The van der Waals surface area contributed by atoms with Crippen molar-refractivity contribution in [3.63, 3.8) is 0 Å². The van der Waals surface area contributed by atoms with Crippen molar-refractivity contribution in [1.29, 1.82) is 5.26 Å². The molecule has 8 nitrogen and oxygen atoms in total. The van der Waals surface area contributed by atoms with Crippen LogP contribution in [0, 0.1) is 11.3 Å². The van der Waals surface area contributed by atoms with Gasteiger partial charge in [-0.15, -0.1) is 0 Å². The van der Waals surface area contributed by atoms with Crippen LogP contribution in [0.25, 0.3) is 95.8 Å². The van der Waals surface area contributed by atoms with E-state index in [1.807, 2.05) is 18.2 Å². The summed E-state index contributed by atoms with van der Waals surface area (Å²) in [5, 5.41) is 12.7. The van der Waals surface area contributed by atoms with Gasteiger partial charge < -0.3 is 4.57 Å². The summed E-state index contributed by atoms with van der Waals surface area (Å²) in [6.07, 6.45) is 0. The third-order valence-corrected chi connectivity index (χ3v) is 15.6. The molecule has 0 aliphatic rings. The van der Waals surface area contributed by atoms with Gasteiger partial charge >= 0.3 is 0 Å². The van der Waals surface area contributed by atoms with Gasteiger partial charge in [0.2, 0.25) is 0 Å². The zero-order chi connectivity index (χ0) is 58.4. The third kappa shape index (κ3) is 11.5. The van der Waals surface area contributed by atoms with Crippen LogP contribution in [0.2, 0.25) is 0 Å². The van der Waals surface area contributed by atoms with Gasteiger partial charge in [-0.3, -0.25) is 0 Å². The van der Waals surface area contributed by atoms with Gasteiger partial charge in [-0.25, -0.2) is 29.9 Å². The number of aromatic nitrogens is 7. The molecule has 0 saturated carbocycles. The van der Waals surface area contributed by atoms with E-state index in [1.54, 1.807) is 0 Å². The Bertz CT molecular complexity index is 3890. The molecule has 0 atom stereocenters. The maximum absolute atomic E-state index is 10.7. The van der Waals surface area contributed by atoms with Gasteiger partial charge in [-0.2, -0.15) is 5.26 Å². The molecule has 3 heterocycles.